The Morgan fingerprint density at radius 2 is 2.05 bits per heavy atom. The lowest BCUT2D eigenvalue weighted by Crippen LogP contribution is -2.42. The minimum atomic E-state index is -0.0380. The highest BCUT2D eigenvalue weighted by Gasteiger charge is 2.28. The lowest BCUT2D eigenvalue weighted by Gasteiger charge is -2.13. The summed E-state index contributed by atoms with van der Waals surface area (Å²) in [7, 11) is 0. The van der Waals surface area contributed by atoms with Gasteiger partial charge in [0.25, 0.3) is 0 Å². The van der Waals surface area contributed by atoms with Gasteiger partial charge in [-0.05, 0) is 44.7 Å². The Bertz CT molecular complexity index is 415. The molecule has 4 heteroatoms. The van der Waals surface area contributed by atoms with Crippen molar-refractivity contribution in [1.29, 1.82) is 0 Å². The highest BCUT2D eigenvalue weighted by Crippen LogP contribution is 2.32. The molecule has 19 heavy (non-hydrogen) atoms. The van der Waals surface area contributed by atoms with Gasteiger partial charge in [-0.25, -0.2) is 4.79 Å². The number of hydrogen-bond donors (Lipinski definition) is 2. The summed E-state index contributed by atoms with van der Waals surface area (Å²) in [6.45, 7) is 4.86. The van der Waals surface area contributed by atoms with Crippen LogP contribution in [0, 0.1) is 12.8 Å². The van der Waals surface area contributed by atoms with Crippen molar-refractivity contribution in [2.75, 3.05) is 12.3 Å². The standard InChI is InChI=1S/C15H22N2OS/c1-11-3-7-14(8-4-11)19-10-9-16-15(18)17-12(2)13-5-6-13/h3-4,7-8,12-13H,5-6,9-10H2,1-2H3,(H2,16,17,18)/t12-/m1/s1. The molecule has 0 unspecified atom stereocenters. The fourth-order valence-corrected chi connectivity index (χ4v) is 2.71. The van der Waals surface area contributed by atoms with E-state index in [0.29, 0.717) is 18.5 Å². The van der Waals surface area contributed by atoms with Gasteiger partial charge in [-0.15, -0.1) is 11.8 Å². The first-order chi connectivity index (χ1) is 9.15. The van der Waals surface area contributed by atoms with Crippen molar-refractivity contribution < 1.29 is 4.79 Å². The summed E-state index contributed by atoms with van der Waals surface area (Å²) < 4.78 is 0. The third kappa shape index (κ3) is 5.15. The molecule has 0 radical (unpaired) electrons. The maximum Gasteiger partial charge on any atom is 0.315 e. The minimum absolute atomic E-state index is 0.0380. The minimum Gasteiger partial charge on any atom is -0.337 e. The Morgan fingerprint density at radius 1 is 1.37 bits per heavy atom. The number of rotatable bonds is 6. The van der Waals surface area contributed by atoms with Gasteiger partial charge in [-0.3, -0.25) is 0 Å². The molecule has 1 aliphatic rings. The second kappa shape index (κ2) is 6.85. The summed E-state index contributed by atoms with van der Waals surface area (Å²) in [4.78, 5) is 12.9. The van der Waals surface area contributed by atoms with E-state index in [1.165, 1.54) is 23.3 Å². The van der Waals surface area contributed by atoms with E-state index in [1.54, 1.807) is 11.8 Å². The maximum absolute atomic E-state index is 11.6. The molecule has 1 atom stereocenters. The molecule has 0 saturated heterocycles. The number of benzene rings is 1. The molecule has 104 valence electrons. The van der Waals surface area contributed by atoms with Crippen LogP contribution >= 0.6 is 11.8 Å². The molecule has 3 nitrogen and oxygen atoms in total. The molecule has 1 aliphatic carbocycles. The zero-order valence-electron chi connectivity index (χ0n) is 11.6. The fraction of sp³-hybridized carbons (Fsp3) is 0.533. The average molecular weight is 278 g/mol. The van der Waals surface area contributed by atoms with E-state index in [2.05, 4.69) is 48.7 Å². The molecular weight excluding hydrogens is 256 g/mol. The Morgan fingerprint density at radius 3 is 2.68 bits per heavy atom. The van der Waals surface area contributed by atoms with E-state index in [9.17, 15) is 4.79 Å². The monoisotopic (exact) mass is 278 g/mol. The van der Waals surface area contributed by atoms with Crippen LogP contribution in [-0.4, -0.2) is 24.4 Å². The molecule has 1 saturated carbocycles. The van der Waals surface area contributed by atoms with Crippen LogP contribution in [0.2, 0.25) is 0 Å². The second-order valence-electron chi connectivity index (χ2n) is 5.19. The number of urea groups is 1. The van der Waals surface area contributed by atoms with Crippen LogP contribution in [0.25, 0.3) is 0 Å². The maximum atomic E-state index is 11.6. The molecule has 1 aromatic carbocycles. The molecular formula is C15H22N2OS. The van der Waals surface area contributed by atoms with Crippen molar-refractivity contribution in [3.05, 3.63) is 29.8 Å². The lowest BCUT2D eigenvalue weighted by atomic mass is 10.2. The topological polar surface area (TPSA) is 41.1 Å². The average Bonchev–Trinajstić information content (AvgIpc) is 3.21. The molecule has 1 fully saturated rings. The largest absolute Gasteiger partial charge is 0.337 e. The number of nitrogens with one attached hydrogen (secondary N) is 2. The van der Waals surface area contributed by atoms with Crippen LogP contribution in [0.1, 0.15) is 25.3 Å². The van der Waals surface area contributed by atoms with Gasteiger partial charge in [0.05, 0.1) is 0 Å². The highest BCUT2D eigenvalue weighted by molar-refractivity contribution is 7.99. The summed E-state index contributed by atoms with van der Waals surface area (Å²) >= 11 is 1.77. The number of hydrogen-bond acceptors (Lipinski definition) is 2. The summed E-state index contributed by atoms with van der Waals surface area (Å²) in [6.07, 6.45) is 2.51. The number of aryl methyl sites for hydroxylation is 1. The SMILES string of the molecule is Cc1ccc(SCCNC(=O)N[C@H](C)C2CC2)cc1. The van der Waals surface area contributed by atoms with Gasteiger partial charge >= 0.3 is 6.03 Å². The van der Waals surface area contributed by atoms with Crippen LogP contribution in [0.5, 0.6) is 0 Å². The molecule has 0 bridgehead atoms. The predicted octanol–water partition coefficient (Wildman–Crippen LogP) is 3.18. The lowest BCUT2D eigenvalue weighted by molar-refractivity contribution is 0.237. The molecule has 2 rings (SSSR count). The van der Waals surface area contributed by atoms with E-state index in [-0.39, 0.29) is 6.03 Å². The highest BCUT2D eigenvalue weighted by atomic mass is 32.2. The second-order valence-corrected chi connectivity index (χ2v) is 6.36. The van der Waals surface area contributed by atoms with Crippen molar-refractivity contribution in [3.8, 4) is 0 Å². The van der Waals surface area contributed by atoms with Crippen molar-refractivity contribution in [1.82, 2.24) is 10.6 Å². The molecule has 2 N–H and O–H groups in total. The first-order valence-electron chi connectivity index (χ1n) is 6.89. The van der Waals surface area contributed by atoms with E-state index >= 15 is 0 Å². The van der Waals surface area contributed by atoms with Crippen LogP contribution in [0.15, 0.2) is 29.2 Å². The van der Waals surface area contributed by atoms with Crippen molar-refractivity contribution >= 4 is 17.8 Å². The van der Waals surface area contributed by atoms with Crippen LogP contribution in [0.3, 0.4) is 0 Å². The molecule has 0 heterocycles. The summed E-state index contributed by atoms with van der Waals surface area (Å²) in [5, 5.41) is 5.90. The van der Waals surface area contributed by atoms with Crippen LogP contribution < -0.4 is 10.6 Å². The van der Waals surface area contributed by atoms with Gasteiger partial charge in [0.1, 0.15) is 0 Å². The smallest absolute Gasteiger partial charge is 0.315 e. The van der Waals surface area contributed by atoms with E-state index in [0.717, 1.165) is 5.75 Å². The summed E-state index contributed by atoms with van der Waals surface area (Å²) in [5.41, 5.74) is 1.27. The van der Waals surface area contributed by atoms with E-state index in [4.69, 9.17) is 0 Å². The normalized spacial score (nSPS) is 15.9. The Kier molecular flexibility index (Phi) is 5.14. The third-order valence-corrected chi connectivity index (χ3v) is 4.38. The van der Waals surface area contributed by atoms with Crippen molar-refractivity contribution in [2.24, 2.45) is 5.92 Å². The van der Waals surface area contributed by atoms with Gasteiger partial charge in [0.15, 0.2) is 0 Å². The van der Waals surface area contributed by atoms with Gasteiger partial charge in [0.2, 0.25) is 0 Å². The number of carbonyl (C=O) groups excluding carboxylic acids is 1. The Labute approximate surface area is 119 Å². The Balaban J connectivity index is 1.58. The van der Waals surface area contributed by atoms with E-state index < -0.39 is 0 Å². The number of amides is 2. The molecule has 0 aliphatic heterocycles. The summed E-state index contributed by atoms with van der Waals surface area (Å²) in [5.74, 6) is 1.60. The van der Waals surface area contributed by atoms with Gasteiger partial charge < -0.3 is 10.6 Å². The summed E-state index contributed by atoms with van der Waals surface area (Å²) in [6, 6.07) is 8.73. The zero-order valence-corrected chi connectivity index (χ0v) is 12.4. The molecule has 1 aromatic rings. The predicted molar refractivity (Wildman–Crippen MR) is 80.6 cm³/mol. The van der Waals surface area contributed by atoms with Crippen LogP contribution in [0.4, 0.5) is 4.79 Å². The van der Waals surface area contributed by atoms with E-state index in [1.807, 2.05) is 0 Å². The first kappa shape index (κ1) is 14.3. The first-order valence-corrected chi connectivity index (χ1v) is 7.87. The van der Waals surface area contributed by atoms with Crippen LogP contribution in [-0.2, 0) is 0 Å². The molecule has 0 spiro atoms. The number of thioether (sulfide) groups is 1. The third-order valence-electron chi connectivity index (χ3n) is 3.37. The van der Waals surface area contributed by atoms with Crippen molar-refractivity contribution in [3.63, 3.8) is 0 Å². The van der Waals surface area contributed by atoms with Gasteiger partial charge in [-0.2, -0.15) is 0 Å². The molecule has 0 aromatic heterocycles. The fourth-order valence-electron chi connectivity index (χ4n) is 1.94. The quantitative estimate of drug-likeness (QED) is 0.620. The zero-order chi connectivity index (χ0) is 13.7. The Hall–Kier alpha value is -1.16. The van der Waals surface area contributed by atoms with Gasteiger partial charge in [0, 0.05) is 23.2 Å². The number of carbonyl (C=O) groups is 1. The van der Waals surface area contributed by atoms with Crippen molar-refractivity contribution in [2.45, 2.75) is 37.6 Å². The van der Waals surface area contributed by atoms with Gasteiger partial charge in [-0.1, -0.05) is 17.7 Å². The molecule has 2 amide bonds.